The molecule has 0 radical (unpaired) electrons. The highest BCUT2D eigenvalue weighted by Crippen LogP contribution is 2.26. The number of nitrogens with two attached hydrogens (primary N) is 1. The maximum atomic E-state index is 5.69. The lowest BCUT2D eigenvalue weighted by Gasteiger charge is -2.14. The fourth-order valence-corrected chi connectivity index (χ4v) is 3.15. The zero-order valence-electron chi connectivity index (χ0n) is 12.0. The van der Waals surface area contributed by atoms with Crippen molar-refractivity contribution in [1.82, 2.24) is 15.2 Å². The van der Waals surface area contributed by atoms with Gasteiger partial charge < -0.3 is 0 Å². The van der Waals surface area contributed by atoms with Crippen molar-refractivity contribution in [2.24, 2.45) is 5.84 Å². The van der Waals surface area contributed by atoms with Crippen LogP contribution < -0.4 is 11.3 Å². The van der Waals surface area contributed by atoms with E-state index in [4.69, 9.17) is 5.84 Å². The van der Waals surface area contributed by atoms with Crippen molar-refractivity contribution in [2.45, 2.75) is 37.8 Å². The Labute approximate surface area is 124 Å². The molecule has 1 aromatic carbocycles. The lowest BCUT2D eigenvalue weighted by atomic mass is 10.2. The zero-order chi connectivity index (χ0) is 14.4. The third-order valence-electron chi connectivity index (χ3n) is 3.21. The van der Waals surface area contributed by atoms with Crippen molar-refractivity contribution in [2.75, 3.05) is 5.75 Å². The van der Waals surface area contributed by atoms with Gasteiger partial charge in [0.05, 0.1) is 12.2 Å². The van der Waals surface area contributed by atoms with Gasteiger partial charge in [0.25, 0.3) is 0 Å². The molecular formula is C15H22N4S. The topological polar surface area (TPSA) is 55.9 Å². The molecule has 2 aromatic rings. The van der Waals surface area contributed by atoms with Crippen molar-refractivity contribution < 1.29 is 0 Å². The molecule has 1 heterocycles. The van der Waals surface area contributed by atoms with Crippen molar-refractivity contribution >= 4 is 11.8 Å². The Hall–Kier alpha value is -1.30. The monoisotopic (exact) mass is 290 g/mol. The molecule has 0 spiro atoms. The van der Waals surface area contributed by atoms with Gasteiger partial charge in [-0.15, -0.1) is 11.8 Å². The van der Waals surface area contributed by atoms with E-state index >= 15 is 0 Å². The highest BCUT2D eigenvalue weighted by molar-refractivity contribution is 7.99. The predicted octanol–water partition coefficient (Wildman–Crippen LogP) is 2.90. The first-order valence-electron chi connectivity index (χ1n) is 6.91. The SMILES string of the molecule is CCCn1cc(C(CSc2ccccc2C)NN)cn1. The van der Waals surface area contributed by atoms with Crippen LogP contribution in [0.2, 0.25) is 0 Å². The van der Waals surface area contributed by atoms with Gasteiger partial charge in [0.1, 0.15) is 0 Å². The first-order valence-corrected chi connectivity index (χ1v) is 7.90. The molecule has 0 fully saturated rings. The minimum atomic E-state index is 0.116. The van der Waals surface area contributed by atoms with E-state index in [0.29, 0.717) is 0 Å². The summed E-state index contributed by atoms with van der Waals surface area (Å²) in [6.07, 6.45) is 5.06. The number of hydrogen-bond acceptors (Lipinski definition) is 4. The van der Waals surface area contributed by atoms with Crippen LogP contribution >= 0.6 is 11.8 Å². The Morgan fingerprint density at radius 1 is 1.40 bits per heavy atom. The second kappa shape index (κ2) is 7.47. The molecule has 0 saturated carbocycles. The Bertz CT molecular complexity index is 538. The van der Waals surface area contributed by atoms with Crippen LogP contribution in [0.5, 0.6) is 0 Å². The van der Waals surface area contributed by atoms with Gasteiger partial charge in [-0.05, 0) is 25.0 Å². The molecule has 1 unspecified atom stereocenters. The van der Waals surface area contributed by atoms with E-state index in [1.807, 2.05) is 22.6 Å². The molecule has 5 heteroatoms. The average molecular weight is 290 g/mol. The fraction of sp³-hybridized carbons (Fsp3) is 0.400. The number of aryl methyl sites for hydroxylation is 2. The lowest BCUT2D eigenvalue weighted by molar-refractivity contribution is 0.592. The molecule has 0 aliphatic heterocycles. The molecule has 3 N–H and O–H groups in total. The van der Waals surface area contributed by atoms with Crippen molar-refractivity contribution in [3.63, 3.8) is 0 Å². The number of benzene rings is 1. The van der Waals surface area contributed by atoms with Crippen molar-refractivity contribution in [3.8, 4) is 0 Å². The van der Waals surface area contributed by atoms with Crippen LogP contribution in [0.4, 0.5) is 0 Å². The Balaban J connectivity index is 1.99. The molecule has 0 amide bonds. The maximum Gasteiger partial charge on any atom is 0.0584 e. The molecule has 4 nitrogen and oxygen atoms in total. The number of aromatic nitrogens is 2. The summed E-state index contributed by atoms with van der Waals surface area (Å²) >= 11 is 1.82. The van der Waals surface area contributed by atoms with Crippen LogP contribution in [0.15, 0.2) is 41.6 Å². The van der Waals surface area contributed by atoms with Crippen LogP contribution in [0, 0.1) is 6.92 Å². The normalized spacial score (nSPS) is 12.6. The fourth-order valence-electron chi connectivity index (χ4n) is 2.04. The first kappa shape index (κ1) is 15.1. The number of nitrogens with zero attached hydrogens (tertiary/aromatic N) is 2. The van der Waals surface area contributed by atoms with E-state index < -0.39 is 0 Å². The minimum Gasteiger partial charge on any atom is -0.272 e. The maximum absolute atomic E-state index is 5.69. The number of rotatable bonds is 7. The summed E-state index contributed by atoms with van der Waals surface area (Å²) in [7, 11) is 0. The van der Waals surface area contributed by atoms with Crippen LogP contribution in [0.25, 0.3) is 0 Å². The van der Waals surface area contributed by atoms with Crippen LogP contribution in [-0.2, 0) is 6.54 Å². The summed E-state index contributed by atoms with van der Waals surface area (Å²) in [4.78, 5) is 1.30. The van der Waals surface area contributed by atoms with E-state index in [-0.39, 0.29) is 6.04 Å². The van der Waals surface area contributed by atoms with E-state index in [1.165, 1.54) is 10.5 Å². The van der Waals surface area contributed by atoms with Crippen LogP contribution in [0.3, 0.4) is 0 Å². The number of thioether (sulfide) groups is 1. The predicted molar refractivity (Wildman–Crippen MR) is 84.5 cm³/mol. The first-order chi connectivity index (χ1) is 9.74. The van der Waals surface area contributed by atoms with Gasteiger partial charge in [0, 0.05) is 29.0 Å². The molecule has 20 heavy (non-hydrogen) atoms. The zero-order valence-corrected chi connectivity index (χ0v) is 12.9. The van der Waals surface area contributed by atoms with Crippen molar-refractivity contribution in [3.05, 3.63) is 47.8 Å². The lowest BCUT2D eigenvalue weighted by Crippen LogP contribution is -2.29. The van der Waals surface area contributed by atoms with Crippen molar-refractivity contribution in [1.29, 1.82) is 0 Å². The second-order valence-electron chi connectivity index (χ2n) is 4.83. The molecule has 2 rings (SSSR count). The minimum absolute atomic E-state index is 0.116. The van der Waals surface area contributed by atoms with E-state index in [9.17, 15) is 0 Å². The van der Waals surface area contributed by atoms with Crippen LogP contribution in [0.1, 0.15) is 30.5 Å². The summed E-state index contributed by atoms with van der Waals surface area (Å²) in [5.74, 6) is 6.58. The van der Waals surface area contributed by atoms with Gasteiger partial charge in [0.2, 0.25) is 0 Å². The molecule has 108 valence electrons. The average Bonchev–Trinajstić information content (AvgIpc) is 2.90. The Morgan fingerprint density at radius 2 is 2.20 bits per heavy atom. The molecular weight excluding hydrogens is 268 g/mol. The van der Waals surface area contributed by atoms with E-state index in [0.717, 1.165) is 24.3 Å². The summed E-state index contributed by atoms with van der Waals surface area (Å²) in [5.41, 5.74) is 5.33. The van der Waals surface area contributed by atoms with E-state index in [1.54, 1.807) is 0 Å². The summed E-state index contributed by atoms with van der Waals surface area (Å²) in [6, 6.07) is 8.53. The number of hydrogen-bond donors (Lipinski definition) is 2. The third-order valence-corrected chi connectivity index (χ3v) is 4.48. The van der Waals surface area contributed by atoms with Gasteiger partial charge in [-0.3, -0.25) is 16.0 Å². The molecule has 1 atom stereocenters. The Morgan fingerprint density at radius 3 is 2.90 bits per heavy atom. The molecule has 1 aromatic heterocycles. The summed E-state index contributed by atoms with van der Waals surface area (Å²) in [6.45, 7) is 5.22. The molecule has 0 aliphatic rings. The quantitative estimate of drug-likeness (QED) is 0.468. The van der Waals surface area contributed by atoms with E-state index in [2.05, 4.69) is 54.8 Å². The highest BCUT2D eigenvalue weighted by Gasteiger charge is 2.13. The second-order valence-corrected chi connectivity index (χ2v) is 5.89. The van der Waals surface area contributed by atoms with Gasteiger partial charge in [-0.2, -0.15) is 5.10 Å². The van der Waals surface area contributed by atoms with Gasteiger partial charge in [-0.1, -0.05) is 25.1 Å². The highest BCUT2D eigenvalue weighted by atomic mass is 32.2. The molecule has 0 aliphatic carbocycles. The van der Waals surface area contributed by atoms with Gasteiger partial charge in [0.15, 0.2) is 0 Å². The largest absolute Gasteiger partial charge is 0.272 e. The standard InChI is InChI=1S/C15H22N4S/c1-3-8-19-10-13(9-17-19)14(18-16)11-20-15-7-5-4-6-12(15)2/h4-7,9-10,14,18H,3,8,11,16H2,1-2H3. The number of hydrazine groups is 1. The van der Waals surface area contributed by atoms with Crippen LogP contribution in [-0.4, -0.2) is 15.5 Å². The number of nitrogens with one attached hydrogen (secondary N) is 1. The third kappa shape index (κ3) is 3.85. The van der Waals surface area contributed by atoms with Gasteiger partial charge >= 0.3 is 0 Å². The molecule has 0 bridgehead atoms. The summed E-state index contributed by atoms with van der Waals surface area (Å²) < 4.78 is 1.97. The molecule has 0 saturated heterocycles. The van der Waals surface area contributed by atoms with Gasteiger partial charge in [-0.25, -0.2) is 0 Å². The summed E-state index contributed by atoms with van der Waals surface area (Å²) in [5, 5.41) is 4.36. The Kier molecular flexibility index (Phi) is 5.64. The smallest absolute Gasteiger partial charge is 0.0584 e.